The first-order valence-corrected chi connectivity index (χ1v) is 6.58. The maximum Gasteiger partial charge on any atom is 0.445 e. The molecule has 2 rings (SSSR count). The van der Waals surface area contributed by atoms with E-state index in [0.29, 0.717) is 0 Å². The van der Waals surface area contributed by atoms with Crippen LogP contribution in [0.4, 0.5) is 23.7 Å². The summed E-state index contributed by atoms with van der Waals surface area (Å²) < 4.78 is 45.3. The minimum atomic E-state index is -4.98. The van der Waals surface area contributed by atoms with E-state index in [4.69, 9.17) is 16.7 Å². The number of cyclic esters (lactones) is 1. The average Bonchev–Trinajstić information content (AvgIpc) is 2.37. The van der Waals surface area contributed by atoms with Crippen LogP contribution in [0.2, 0.25) is 5.02 Å². The van der Waals surface area contributed by atoms with Crippen molar-refractivity contribution < 1.29 is 27.8 Å². The number of anilines is 1. The van der Waals surface area contributed by atoms with Crippen molar-refractivity contribution in [3.05, 3.63) is 28.8 Å². The maximum absolute atomic E-state index is 13.6. The van der Waals surface area contributed by atoms with Crippen LogP contribution in [0.3, 0.4) is 0 Å². The zero-order valence-corrected chi connectivity index (χ0v) is 12.0. The molecule has 118 valence electrons. The molecular formula is C14H11ClF3NO3. The van der Waals surface area contributed by atoms with Crippen LogP contribution >= 0.6 is 11.6 Å². The number of carbonyl (C=O) groups excluding carboxylic acids is 1. The van der Waals surface area contributed by atoms with Gasteiger partial charge in [0.25, 0.3) is 5.60 Å². The van der Waals surface area contributed by atoms with E-state index in [2.05, 4.69) is 16.0 Å². The van der Waals surface area contributed by atoms with Crippen LogP contribution in [0.25, 0.3) is 0 Å². The fourth-order valence-electron chi connectivity index (χ4n) is 1.94. The lowest BCUT2D eigenvalue weighted by Gasteiger charge is -2.35. The van der Waals surface area contributed by atoms with Gasteiger partial charge in [0.15, 0.2) is 0 Å². The number of ether oxygens (including phenoxy) is 1. The summed E-state index contributed by atoms with van der Waals surface area (Å²) in [7, 11) is 0. The first-order valence-electron chi connectivity index (χ1n) is 6.20. The summed E-state index contributed by atoms with van der Waals surface area (Å²) in [4.78, 5) is 11.5. The van der Waals surface area contributed by atoms with Crippen molar-refractivity contribution in [1.82, 2.24) is 0 Å². The van der Waals surface area contributed by atoms with E-state index >= 15 is 0 Å². The number of aliphatic hydroxyl groups is 1. The molecule has 0 spiro atoms. The number of aliphatic hydroxyl groups excluding tert-OH is 1. The summed E-state index contributed by atoms with van der Waals surface area (Å²) in [5.41, 5.74) is -3.60. The van der Waals surface area contributed by atoms with E-state index < -0.39 is 29.5 Å². The molecule has 22 heavy (non-hydrogen) atoms. The lowest BCUT2D eigenvalue weighted by atomic mass is 9.90. The van der Waals surface area contributed by atoms with Crippen LogP contribution in [0.5, 0.6) is 0 Å². The quantitative estimate of drug-likeness (QED) is 0.774. The number of alkyl halides is 3. The lowest BCUT2D eigenvalue weighted by Crippen LogP contribution is -2.49. The molecule has 0 aromatic heterocycles. The highest BCUT2D eigenvalue weighted by Gasteiger charge is 2.61. The Labute approximate surface area is 129 Å². The molecule has 1 aromatic rings. The van der Waals surface area contributed by atoms with E-state index in [1.165, 1.54) is 19.1 Å². The van der Waals surface area contributed by atoms with Crippen LogP contribution in [0.15, 0.2) is 18.2 Å². The van der Waals surface area contributed by atoms with Crippen molar-refractivity contribution in [1.29, 1.82) is 0 Å². The van der Waals surface area contributed by atoms with E-state index in [-0.39, 0.29) is 17.1 Å². The summed E-state index contributed by atoms with van der Waals surface area (Å²) in [6.07, 6.45) is -7.35. The third-order valence-electron chi connectivity index (χ3n) is 2.90. The molecule has 1 aliphatic heterocycles. The second-order valence-electron chi connectivity index (χ2n) is 4.74. The second-order valence-corrected chi connectivity index (χ2v) is 5.17. The molecule has 1 heterocycles. The molecule has 2 atom stereocenters. The van der Waals surface area contributed by atoms with E-state index in [0.717, 1.165) is 6.07 Å². The molecule has 0 fully saturated rings. The van der Waals surface area contributed by atoms with Gasteiger partial charge in [-0.05, 0) is 31.0 Å². The highest BCUT2D eigenvalue weighted by atomic mass is 35.5. The Morgan fingerprint density at radius 2 is 2.18 bits per heavy atom. The van der Waals surface area contributed by atoms with Crippen LogP contribution < -0.4 is 5.32 Å². The van der Waals surface area contributed by atoms with Gasteiger partial charge in [-0.1, -0.05) is 17.5 Å². The Hall–Kier alpha value is -1.91. The van der Waals surface area contributed by atoms with Gasteiger partial charge in [-0.2, -0.15) is 13.2 Å². The van der Waals surface area contributed by atoms with Gasteiger partial charge >= 0.3 is 12.3 Å². The number of carbonyl (C=O) groups is 1. The van der Waals surface area contributed by atoms with Gasteiger partial charge in [0.05, 0.1) is 11.8 Å². The summed E-state index contributed by atoms with van der Waals surface area (Å²) >= 11 is 5.75. The highest BCUT2D eigenvalue weighted by molar-refractivity contribution is 6.30. The molecule has 0 radical (unpaired) electrons. The highest BCUT2D eigenvalue weighted by Crippen LogP contribution is 2.47. The predicted octanol–water partition coefficient (Wildman–Crippen LogP) is 3.43. The molecule has 1 aliphatic rings. The number of benzene rings is 1. The van der Waals surface area contributed by atoms with Gasteiger partial charge in [0.1, 0.15) is 0 Å². The Kier molecular flexibility index (Phi) is 4.27. The van der Waals surface area contributed by atoms with E-state index in [9.17, 15) is 18.0 Å². The van der Waals surface area contributed by atoms with Crippen LogP contribution in [0.1, 0.15) is 18.9 Å². The molecule has 1 aromatic carbocycles. The predicted molar refractivity (Wildman–Crippen MR) is 73.4 cm³/mol. The van der Waals surface area contributed by atoms with E-state index in [1.807, 2.05) is 5.92 Å². The summed E-state index contributed by atoms with van der Waals surface area (Å²) in [5.74, 6) is 4.16. The summed E-state index contributed by atoms with van der Waals surface area (Å²) in [6.45, 7) is 1.38. The zero-order chi connectivity index (χ0) is 16.5. The maximum atomic E-state index is 13.6. The third kappa shape index (κ3) is 2.98. The normalized spacial score (nSPS) is 21.8. The van der Waals surface area contributed by atoms with Gasteiger partial charge in [-0.25, -0.2) is 4.79 Å². The number of fused-ring (bicyclic) bond motifs is 1. The number of halogens is 4. The number of rotatable bonds is 1. The second kappa shape index (κ2) is 5.71. The average molecular weight is 334 g/mol. The molecule has 0 bridgehead atoms. The Morgan fingerprint density at radius 1 is 1.50 bits per heavy atom. The standard InChI is InChI=1S/C14H11ClF3NO3/c1-8(20)3-2-6-13(14(16,17)18)10-7-9(15)4-5-11(10)19-12(21)22-13/h4-5,7-8,20H,3H2,1H3,(H,19,21). The number of nitrogens with one attached hydrogen (secondary N) is 1. The number of amides is 1. The smallest absolute Gasteiger partial charge is 0.415 e. The first kappa shape index (κ1) is 16.5. The fourth-order valence-corrected chi connectivity index (χ4v) is 2.12. The van der Waals surface area contributed by atoms with Crippen molar-refractivity contribution in [3.8, 4) is 11.8 Å². The van der Waals surface area contributed by atoms with Gasteiger partial charge in [-0.15, -0.1) is 0 Å². The first-order chi connectivity index (χ1) is 10.2. The third-order valence-corrected chi connectivity index (χ3v) is 3.14. The molecule has 4 nitrogen and oxygen atoms in total. The van der Waals surface area contributed by atoms with Gasteiger partial charge in [0, 0.05) is 17.0 Å². The lowest BCUT2D eigenvalue weighted by molar-refractivity contribution is -0.239. The van der Waals surface area contributed by atoms with E-state index in [1.54, 1.807) is 0 Å². The Balaban J connectivity index is 2.65. The van der Waals surface area contributed by atoms with Crippen LogP contribution in [0, 0.1) is 11.8 Å². The van der Waals surface area contributed by atoms with Crippen molar-refractivity contribution in [3.63, 3.8) is 0 Å². The molecular weight excluding hydrogens is 323 g/mol. The molecule has 8 heteroatoms. The monoisotopic (exact) mass is 333 g/mol. The van der Waals surface area contributed by atoms with Gasteiger partial charge < -0.3 is 9.84 Å². The Morgan fingerprint density at radius 3 is 2.77 bits per heavy atom. The molecule has 0 aliphatic carbocycles. The molecule has 1 amide bonds. The Bertz CT molecular complexity index is 664. The van der Waals surface area contributed by atoms with Crippen LogP contribution in [-0.2, 0) is 10.3 Å². The van der Waals surface area contributed by atoms with Crippen molar-refractivity contribution >= 4 is 23.4 Å². The van der Waals surface area contributed by atoms with Crippen molar-refractivity contribution in [2.75, 3.05) is 5.32 Å². The molecule has 2 unspecified atom stereocenters. The van der Waals surface area contributed by atoms with Crippen molar-refractivity contribution in [2.24, 2.45) is 0 Å². The number of hydrogen-bond donors (Lipinski definition) is 2. The van der Waals surface area contributed by atoms with Crippen molar-refractivity contribution in [2.45, 2.75) is 31.2 Å². The topological polar surface area (TPSA) is 58.6 Å². The molecule has 0 saturated carbocycles. The summed E-state index contributed by atoms with van der Waals surface area (Å²) in [5, 5.41) is 11.4. The largest absolute Gasteiger partial charge is 0.445 e. The van der Waals surface area contributed by atoms with Gasteiger partial charge in [0.2, 0.25) is 0 Å². The SMILES string of the molecule is CC(O)CC#CC1(C(F)(F)F)OC(=O)Nc2ccc(Cl)cc21. The van der Waals surface area contributed by atoms with Crippen LogP contribution in [-0.4, -0.2) is 23.5 Å². The number of hydrogen-bond acceptors (Lipinski definition) is 3. The minimum Gasteiger partial charge on any atom is -0.415 e. The molecule has 2 N–H and O–H groups in total. The van der Waals surface area contributed by atoms with Gasteiger partial charge in [-0.3, -0.25) is 5.32 Å². The fraction of sp³-hybridized carbons (Fsp3) is 0.357. The summed E-state index contributed by atoms with van der Waals surface area (Å²) in [6, 6.07) is 3.63. The molecule has 0 saturated heterocycles. The zero-order valence-electron chi connectivity index (χ0n) is 11.3. The minimum absolute atomic E-state index is 0.0458.